The first-order chi connectivity index (χ1) is 17.9. The van der Waals surface area contributed by atoms with Crippen LogP contribution in [0.3, 0.4) is 0 Å². The molecule has 202 valence electrons. The Morgan fingerprint density at radius 1 is 0.947 bits per heavy atom. The van der Waals surface area contributed by atoms with Crippen molar-refractivity contribution in [1.82, 2.24) is 10.2 Å². The molecule has 1 N–H and O–H groups in total. The highest BCUT2D eigenvalue weighted by Gasteiger charge is 2.32. The molecule has 0 unspecified atom stereocenters. The molecule has 3 aromatic carbocycles. The summed E-state index contributed by atoms with van der Waals surface area (Å²) in [5, 5.41) is 3.27. The average molecular weight is 621 g/mol. The van der Waals surface area contributed by atoms with Crippen LogP contribution < -0.4 is 9.62 Å². The number of hydrogen-bond donors (Lipinski definition) is 1. The molecule has 3 aromatic rings. The molecular weight excluding hydrogens is 590 g/mol. The Balaban J connectivity index is 2.03. The number of nitrogens with zero attached hydrogens (tertiary/aromatic N) is 2. The van der Waals surface area contributed by atoms with Crippen molar-refractivity contribution in [2.24, 2.45) is 0 Å². The molecule has 0 spiro atoms. The quantitative estimate of drug-likeness (QED) is 0.322. The van der Waals surface area contributed by atoms with Crippen molar-refractivity contribution in [3.05, 3.63) is 93.4 Å². The standard InChI is InChI=1S/C28H31BrClN3O4S/c1-19(2)31-28(35)21(4)32(17-22-7-5-6-8-26(22)30)27(34)18-33(24-13-11-23(29)12-14-24)38(36,37)25-15-9-20(3)10-16-25/h5-16,19,21H,17-18H2,1-4H3,(H,31,35)/t21-/m1/s1. The van der Waals surface area contributed by atoms with Gasteiger partial charge < -0.3 is 10.2 Å². The topological polar surface area (TPSA) is 86.8 Å². The average Bonchev–Trinajstić information content (AvgIpc) is 2.86. The van der Waals surface area contributed by atoms with E-state index < -0.39 is 28.5 Å². The van der Waals surface area contributed by atoms with Crippen LogP contribution in [0, 0.1) is 6.92 Å². The molecule has 0 aromatic heterocycles. The molecule has 10 heteroatoms. The molecule has 0 radical (unpaired) electrons. The monoisotopic (exact) mass is 619 g/mol. The van der Waals surface area contributed by atoms with Crippen LogP contribution in [-0.2, 0) is 26.2 Å². The summed E-state index contributed by atoms with van der Waals surface area (Å²) in [6.07, 6.45) is 0. The maximum absolute atomic E-state index is 13.9. The Morgan fingerprint density at radius 3 is 2.13 bits per heavy atom. The van der Waals surface area contributed by atoms with Crippen LogP contribution in [0.5, 0.6) is 0 Å². The van der Waals surface area contributed by atoms with Crippen LogP contribution in [0.4, 0.5) is 5.69 Å². The summed E-state index contributed by atoms with van der Waals surface area (Å²) in [4.78, 5) is 28.2. The minimum atomic E-state index is -4.11. The number of carbonyl (C=O) groups excluding carboxylic acids is 2. The summed E-state index contributed by atoms with van der Waals surface area (Å²) >= 11 is 9.74. The van der Waals surface area contributed by atoms with E-state index in [4.69, 9.17) is 11.6 Å². The molecule has 0 heterocycles. The van der Waals surface area contributed by atoms with Crippen molar-refractivity contribution in [3.8, 4) is 0 Å². The Morgan fingerprint density at radius 2 is 1.55 bits per heavy atom. The molecular formula is C28H31BrClN3O4S. The zero-order valence-electron chi connectivity index (χ0n) is 21.7. The van der Waals surface area contributed by atoms with Gasteiger partial charge in [-0.15, -0.1) is 0 Å². The zero-order chi connectivity index (χ0) is 28.0. The van der Waals surface area contributed by atoms with Crippen molar-refractivity contribution in [2.75, 3.05) is 10.8 Å². The van der Waals surface area contributed by atoms with E-state index in [-0.39, 0.29) is 23.4 Å². The number of halogens is 2. The van der Waals surface area contributed by atoms with Crippen LogP contribution in [0.1, 0.15) is 31.9 Å². The molecule has 38 heavy (non-hydrogen) atoms. The molecule has 0 aliphatic rings. The third-order valence-electron chi connectivity index (χ3n) is 5.90. The molecule has 2 amide bonds. The molecule has 0 saturated carbocycles. The number of benzene rings is 3. The van der Waals surface area contributed by atoms with Gasteiger partial charge >= 0.3 is 0 Å². The van der Waals surface area contributed by atoms with Gasteiger partial charge in [-0.05, 0) is 75.7 Å². The number of carbonyl (C=O) groups is 2. The Kier molecular flexibility index (Phi) is 9.98. The van der Waals surface area contributed by atoms with E-state index in [1.165, 1.54) is 17.0 Å². The van der Waals surface area contributed by atoms with E-state index in [1.807, 2.05) is 20.8 Å². The molecule has 0 aliphatic carbocycles. The summed E-state index contributed by atoms with van der Waals surface area (Å²) in [5.41, 5.74) is 1.87. The van der Waals surface area contributed by atoms with Crippen molar-refractivity contribution < 1.29 is 18.0 Å². The van der Waals surface area contributed by atoms with Gasteiger partial charge in [0, 0.05) is 22.1 Å². The van der Waals surface area contributed by atoms with Crippen molar-refractivity contribution >= 4 is 55.1 Å². The number of aryl methyl sites for hydroxylation is 1. The molecule has 0 fully saturated rings. The minimum Gasteiger partial charge on any atom is -0.352 e. The lowest BCUT2D eigenvalue weighted by Gasteiger charge is -2.32. The Bertz CT molecular complexity index is 1380. The first kappa shape index (κ1) is 29.7. The summed E-state index contributed by atoms with van der Waals surface area (Å²) in [6, 6.07) is 19.1. The van der Waals surface area contributed by atoms with Gasteiger partial charge in [0.05, 0.1) is 10.6 Å². The number of nitrogens with one attached hydrogen (secondary N) is 1. The summed E-state index contributed by atoms with van der Waals surface area (Å²) < 4.78 is 29.4. The number of hydrogen-bond acceptors (Lipinski definition) is 4. The summed E-state index contributed by atoms with van der Waals surface area (Å²) in [6.45, 7) is 6.65. The highest BCUT2D eigenvalue weighted by atomic mass is 79.9. The van der Waals surface area contributed by atoms with Crippen LogP contribution >= 0.6 is 27.5 Å². The third-order valence-corrected chi connectivity index (χ3v) is 8.58. The minimum absolute atomic E-state index is 0.0317. The van der Waals surface area contributed by atoms with Gasteiger partial charge in [-0.2, -0.15) is 0 Å². The molecule has 0 saturated heterocycles. The van der Waals surface area contributed by atoms with Gasteiger partial charge in [0.15, 0.2) is 0 Å². The first-order valence-corrected chi connectivity index (χ1v) is 14.7. The fourth-order valence-electron chi connectivity index (χ4n) is 3.77. The van der Waals surface area contributed by atoms with Crippen molar-refractivity contribution in [3.63, 3.8) is 0 Å². The SMILES string of the molecule is Cc1ccc(S(=O)(=O)N(CC(=O)N(Cc2ccccc2Cl)[C@H](C)C(=O)NC(C)C)c2ccc(Br)cc2)cc1. The maximum Gasteiger partial charge on any atom is 0.264 e. The molecule has 3 rings (SSSR count). The van der Waals surface area contributed by atoms with Gasteiger partial charge in [-0.3, -0.25) is 13.9 Å². The fourth-order valence-corrected chi connectivity index (χ4v) is 5.65. The van der Waals surface area contributed by atoms with E-state index in [1.54, 1.807) is 67.6 Å². The predicted molar refractivity (Wildman–Crippen MR) is 155 cm³/mol. The number of sulfonamides is 1. The lowest BCUT2D eigenvalue weighted by Crippen LogP contribution is -2.52. The molecule has 0 aliphatic heterocycles. The maximum atomic E-state index is 13.9. The largest absolute Gasteiger partial charge is 0.352 e. The Hall–Kier alpha value is -2.88. The zero-order valence-corrected chi connectivity index (χ0v) is 24.8. The van der Waals surface area contributed by atoms with Gasteiger partial charge in [0.1, 0.15) is 12.6 Å². The van der Waals surface area contributed by atoms with E-state index in [0.717, 1.165) is 14.3 Å². The fraction of sp³-hybridized carbons (Fsp3) is 0.286. The summed E-state index contributed by atoms with van der Waals surface area (Å²) in [7, 11) is -4.11. The predicted octanol–water partition coefficient (Wildman–Crippen LogP) is 5.55. The van der Waals surface area contributed by atoms with E-state index in [0.29, 0.717) is 16.3 Å². The third kappa shape index (κ3) is 7.36. The second-order valence-corrected chi connectivity index (χ2v) is 12.4. The molecule has 1 atom stereocenters. The van der Waals surface area contributed by atoms with Crippen LogP contribution in [0.2, 0.25) is 5.02 Å². The van der Waals surface area contributed by atoms with E-state index in [9.17, 15) is 18.0 Å². The van der Waals surface area contributed by atoms with Crippen molar-refractivity contribution in [1.29, 1.82) is 0 Å². The van der Waals surface area contributed by atoms with Gasteiger partial charge in [-0.25, -0.2) is 8.42 Å². The lowest BCUT2D eigenvalue weighted by molar-refractivity contribution is -0.139. The van der Waals surface area contributed by atoms with Gasteiger partial charge in [0.2, 0.25) is 11.8 Å². The summed E-state index contributed by atoms with van der Waals surface area (Å²) in [5.74, 6) is -0.896. The number of rotatable bonds is 10. The second kappa shape index (κ2) is 12.8. The normalized spacial score (nSPS) is 12.2. The first-order valence-electron chi connectivity index (χ1n) is 12.1. The Labute approximate surface area is 238 Å². The van der Waals surface area contributed by atoms with E-state index in [2.05, 4.69) is 21.2 Å². The molecule has 0 bridgehead atoms. The highest BCUT2D eigenvalue weighted by Crippen LogP contribution is 2.27. The van der Waals surface area contributed by atoms with Gasteiger partial charge in [0.25, 0.3) is 10.0 Å². The molecule has 7 nitrogen and oxygen atoms in total. The van der Waals surface area contributed by atoms with E-state index >= 15 is 0 Å². The highest BCUT2D eigenvalue weighted by molar-refractivity contribution is 9.10. The number of amides is 2. The lowest BCUT2D eigenvalue weighted by atomic mass is 10.1. The van der Waals surface area contributed by atoms with Crippen LogP contribution in [0.15, 0.2) is 82.2 Å². The van der Waals surface area contributed by atoms with Crippen molar-refractivity contribution in [2.45, 2.75) is 51.2 Å². The van der Waals surface area contributed by atoms with Crippen LogP contribution in [-0.4, -0.2) is 43.8 Å². The number of anilines is 1. The van der Waals surface area contributed by atoms with Crippen LogP contribution in [0.25, 0.3) is 0 Å². The second-order valence-electron chi connectivity index (χ2n) is 9.25. The van der Waals surface area contributed by atoms with Gasteiger partial charge in [-0.1, -0.05) is 63.4 Å². The smallest absolute Gasteiger partial charge is 0.264 e.